The largest absolute Gasteiger partial charge is 0.497 e. The van der Waals surface area contributed by atoms with Gasteiger partial charge in [0.2, 0.25) is 0 Å². The Labute approximate surface area is 95.6 Å². The van der Waals surface area contributed by atoms with E-state index in [1.807, 2.05) is 31.2 Å². The van der Waals surface area contributed by atoms with E-state index in [4.69, 9.17) is 9.47 Å². The first-order valence-corrected chi connectivity index (χ1v) is 5.24. The van der Waals surface area contributed by atoms with E-state index in [2.05, 4.69) is 5.32 Å². The second-order valence-electron chi connectivity index (χ2n) is 3.36. The van der Waals surface area contributed by atoms with Crippen LogP contribution in [0, 0.1) is 0 Å². The molecule has 4 heteroatoms. The van der Waals surface area contributed by atoms with Gasteiger partial charge in [0.25, 0.3) is 0 Å². The van der Waals surface area contributed by atoms with Gasteiger partial charge >= 0.3 is 6.09 Å². The van der Waals surface area contributed by atoms with Crippen LogP contribution in [-0.2, 0) is 4.74 Å². The Balaban J connectivity index is 2.58. The van der Waals surface area contributed by atoms with E-state index < -0.39 is 6.09 Å². The lowest BCUT2D eigenvalue weighted by Crippen LogP contribution is -2.27. The highest BCUT2D eigenvalue weighted by Gasteiger charge is 2.09. The van der Waals surface area contributed by atoms with E-state index in [-0.39, 0.29) is 6.04 Å². The van der Waals surface area contributed by atoms with Crippen LogP contribution in [0.4, 0.5) is 4.79 Å². The van der Waals surface area contributed by atoms with Gasteiger partial charge in [-0.2, -0.15) is 0 Å². The van der Waals surface area contributed by atoms with E-state index in [0.717, 1.165) is 11.3 Å². The molecule has 0 unspecified atom stereocenters. The molecule has 0 spiro atoms. The summed E-state index contributed by atoms with van der Waals surface area (Å²) in [4.78, 5) is 11.2. The summed E-state index contributed by atoms with van der Waals surface area (Å²) in [5, 5.41) is 2.73. The molecule has 0 saturated heterocycles. The van der Waals surface area contributed by atoms with Gasteiger partial charge in [-0.15, -0.1) is 0 Å². The molecule has 1 aromatic rings. The molecule has 1 rings (SSSR count). The van der Waals surface area contributed by atoms with Crippen molar-refractivity contribution in [3.8, 4) is 5.75 Å². The number of rotatable bonds is 4. The molecule has 0 aliphatic heterocycles. The van der Waals surface area contributed by atoms with Crippen molar-refractivity contribution in [1.29, 1.82) is 0 Å². The first-order chi connectivity index (χ1) is 7.67. The minimum Gasteiger partial charge on any atom is -0.497 e. The molecule has 0 aromatic heterocycles. The number of carbonyl (C=O) groups excluding carboxylic acids is 1. The molecule has 4 nitrogen and oxygen atoms in total. The Hall–Kier alpha value is -1.71. The van der Waals surface area contributed by atoms with E-state index in [1.165, 1.54) is 0 Å². The number of amides is 1. The molecule has 0 fully saturated rings. The number of methoxy groups -OCH3 is 1. The standard InChI is InChI=1S/C12H17NO3/c1-4-16-12(14)13-9(2)10-5-7-11(15-3)8-6-10/h5-9H,4H2,1-3H3,(H,13,14)/t9-/m1/s1. The normalized spacial score (nSPS) is 11.7. The minimum absolute atomic E-state index is 0.0787. The Morgan fingerprint density at radius 2 is 2.00 bits per heavy atom. The van der Waals surface area contributed by atoms with Crippen LogP contribution in [0.15, 0.2) is 24.3 Å². The Morgan fingerprint density at radius 1 is 1.38 bits per heavy atom. The van der Waals surface area contributed by atoms with Crippen molar-refractivity contribution in [3.05, 3.63) is 29.8 Å². The van der Waals surface area contributed by atoms with Crippen LogP contribution in [0.3, 0.4) is 0 Å². The van der Waals surface area contributed by atoms with Crippen LogP contribution in [0.2, 0.25) is 0 Å². The first-order valence-electron chi connectivity index (χ1n) is 5.24. The summed E-state index contributed by atoms with van der Waals surface area (Å²) in [5.74, 6) is 0.798. The van der Waals surface area contributed by atoms with E-state index in [1.54, 1.807) is 14.0 Å². The van der Waals surface area contributed by atoms with E-state index in [0.29, 0.717) is 6.61 Å². The van der Waals surface area contributed by atoms with Crippen LogP contribution in [-0.4, -0.2) is 19.8 Å². The SMILES string of the molecule is CCOC(=O)N[C@H](C)c1ccc(OC)cc1. The van der Waals surface area contributed by atoms with Gasteiger partial charge < -0.3 is 14.8 Å². The van der Waals surface area contributed by atoms with Crippen LogP contribution in [0.5, 0.6) is 5.75 Å². The molecule has 1 N–H and O–H groups in total. The molecule has 16 heavy (non-hydrogen) atoms. The number of ether oxygens (including phenoxy) is 2. The van der Waals surface area contributed by atoms with Crippen molar-refractivity contribution in [2.24, 2.45) is 0 Å². The van der Waals surface area contributed by atoms with Gasteiger partial charge in [0.15, 0.2) is 0 Å². The topological polar surface area (TPSA) is 47.6 Å². The lowest BCUT2D eigenvalue weighted by Gasteiger charge is -2.14. The predicted octanol–water partition coefficient (Wildman–Crippen LogP) is 2.50. The maximum absolute atomic E-state index is 11.2. The molecule has 0 bridgehead atoms. The molecule has 1 atom stereocenters. The highest BCUT2D eigenvalue weighted by Crippen LogP contribution is 2.17. The summed E-state index contributed by atoms with van der Waals surface area (Å²) in [6, 6.07) is 7.47. The van der Waals surface area contributed by atoms with Crippen LogP contribution >= 0.6 is 0 Å². The summed E-state index contributed by atoms with van der Waals surface area (Å²) in [5.41, 5.74) is 1.01. The maximum Gasteiger partial charge on any atom is 0.407 e. The molecule has 88 valence electrons. The third-order valence-corrected chi connectivity index (χ3v) is 2.23. The third kappa shape index (κ3) is 3.46. The fourth-order valence-electron chi connectivity index (χ4n) is 1.33. The maximum atomic E-state index is 11.2. The Morgan fingerprint density at radius 3 is 2.50 bits per heavy atom. The summed E-state index contributed by atoms with van der Waals surface area (Å²) in [6.45, 7) is 4.05. The number of nitrogens with one attached hydrogen (secondary N) is 1. The Bertz CT molecular complexity index is 335. The molecule has 1 amide bonds. The van der Waals surface area contributed by atoms with Crippen molar-refractivity contribution in [1.82, 2.24) is 5.32 Å². The fourth-order valence-corrected chi connectivity index (χ4v) is 1.33. The highest BCUT2D eigenvalue weighted by molar-refractivity contribution is 5.67. The van der Waals surface area contributed by atoms with Crippen molar-refractivity contribution in [2.75, 3.05) is 13.7 Å². The molecule has 0 aliphatic rings. The second kappa shape index (κ2) is 6.00. The van der Waals surface area contributed by atoms with Gasteiger partial charge in [-0.3, -0.25) is 0 Å². The quantitative estimate of drug-likeness (QED) is 0.853. The van der Waals surface area contributed by atoms with Gasteiger partial charge in [0.05, 0.1) is 19.8 Å². The lowest BCUT2D eigenvalue weighted by molar-refractivity contribution is 0.149. The smallest absolute Gasteiger partial charge is 0.407 e. The number of hydrogen-bond acceptors (Lipinski definition) is 3. The van der Waals surface area contributed by atoms with Crippen LogP contribution in [0.25, 0.3) is 0 Å². The van der Waals surface area contributed by atoms with Crippen molar-refractivity contribution >= 4 is 6.09 Å². The fraction of sp³-hybridized carbons (Fsp3) is 0.417. The summed E-state index contributed by atoms with van der Waals surface area (Å²) < 4.78 is 9.86. The zero-order chi connectivity index (χ0) is 12.0. The molecule has 0 saturated carbocycles. The van der Waals surface area contributed by atoms with Gasteiger partial charge in [-0.1, -0.05) is 12.1 Å². The number of benzene rings is 1. The minimum atomic E-state index is -0.397. The molecule has 0 radical (unpaired) electrons. The van der Waals surface area contributed by atoms with Gasteiger partial charge in [-0.05, 0) is 31.5 Å². The van der Waals surface area contributed by atoms with Gasteiger partial charge in [-0.25, -0.2) is 4.79 Å². The summed E-state index contributed by atoms with van der Waals surface area (Å²) in [6.07, 6.45) is -0.397. The monoisotopic (exact) mass is 223 g/mol. The summed E-state index contributed by atoms with van der Waals surface area (Å²) in [7, 11) is 1.62. The average molecular weight is 223 g/mol. The Kier molecular flexibility index (Phi) is 4.64. The van der Waals surface area contributed by atoms with Gasteiger partial charge in [0, 0.05) is 0 Å². The molecular formula is C12H17NO3. The zero-order valence-corrected chi connectivity index (χ0v) is 9.82. The van der Waals surface area contributed by atoms with Crippen LogP contribution < -0.4 is 10.1 Å². The van der Waals surface area contributed by atoms with Crippen LogP contribution in [0.1, 0.15) is 25.5 Å². The van der Waals surface area contributed by atoms with E-state index >= 15 is 0 Å². The third-order valence-electron chi connectivity index (χ3n) is 2.23. The molecule has 0 heterocycles. The van der Waals surface area contributed by atoms with Crippen molar-refractivity contribution in [2.45, 2.75) is 19.9 Å². The molecular weight excluding hydrogens is 206 g/mol. The molecule has 1 aromatic carbocycles. The first kappa shape index (κ1) is 12.4. The zero-order valence-electron chi connectivity index (χ0n) is 9.82. The number of hydrogen-bond donors (Lipinski definition) is 1. The van der Waals surface area contributed by atoms with Gasteiger partial charge in [0.1, 0.15) is 5.75 Å². The predicted molar refractivity (Wildman–Crippen MR) is 61.6 cm³/mol. The van der Waals surface area contributed by atoms with Crippen molar-refractivity contribution < 1.29 is 14.3 Å². The van der Waals surface area contributed by atoms with Crippen molar-refractivity contribution in [3.63, 3.8) is 0 Å². The second-order valence-corrected chi connectivity index (χ2v) is 3.36. The number of alkyl carbamates (subject to hydrolysis) is 1. The summed E-state index contributed by atoms with van der Waals surface area (Å²) >= 11 is 0. The molecule has 0 aliphatic carbocycles. The van der Waals surface area contributed by atoms with E-state index in [9.17, 15) is 4.79 Å². The average Bonchev–Trinajstić information content (AvgIpc) is 2.29. The highest BCUT2D eigenvalue weighted by atomic mass is 16.5. The lowest BCUT2D eigenvalue weighted by atomic mass is 10.1. The number of carbonyl (C=O) groups is 1.